The maximum Gasteiger partial charge on any atom is 0.122 e. The standard InChI is InChI=1S/C15H15BrO2S/c1-9-8-12(16)15(19-9)14(17)11-6-7-18-13-5-3-2-4-10(11)13/h2-5,8,11,14,17H,6-7H2,1H3. The second-order valence-electron chi connectivity index (χ2n) is 4.80. The molecule has 3 rings (SSSR count). The second-order valence-corrected chi connectivity index (χ2v) is 6.94. The van der Waals surface area contributed by atoms with Crippen molar-refractivity contribution < 1.29 is 9.84 Å². The average molecular weight is 339 g/mol. The van der Waals surface area contributed by atoms with Crippen molar-refractivity contribution in [2.45, 2.75) is 25.4 Å². The molecule has 1 N–H and O–H groups in total. The number of halogens is 1. The van der Waals surface area contributed by atoms with E-state index in [4.69, 9.17) is 4.74 Å². The van der Waals surface area contributed by atoms with Gasteiger partial charge in [0.2, 0.25) is 0 Å². The van der Waals surface area contributed by atoms with Crippen molar-refractivity contribution in [2.75, 3.05) is 6.61 Å². The molecule has 1 aromatic heterocycles. The largest absolute Gasteiger partial charge is 0.493 e. The molecular weight excluding hydrogens is 324 g/mol. The van der Waals surface area contributed by atoms with E-state index in [1.54, 1.807) is 11.3 Å². The fraction of sp³-hybridized carbons (Fsp3) is 0.333. The third-order valence-corrected chi connectivity index (χ3v) is 5.53. The Kier molecular flexibility index (Phi) is 3.65. The van der Waals surface area contributed by atoms with E-state index in [1.807, 2.05) is 18.2 Å². The Balaban J connectivity index is 1.97. The number of para-hydroxylation sites is 1. The Morgan fingerprint density at radius 1 is 1.42 bits per heavy atom. The van der Waals surface area contributed by atoms with Gasteiger partial charge in [-0.3, -0.25) is 0 Å². The van der Waals surface area contributed by atoms with Crippen LogP contribution < -0.4 is 4.74 Å². The fourth-order valence-electron chi connectivity index (χ4n) is 2.58. The number of fused-ring (bicyclic) bond motifs is 1. The molecule has 0 spiro atoms. The van der Waals surface area contributed by atoms with Gasteiger partial charge in [0, 0.05) is 25.7 Å². The summed E-state index contributed by atoms with van der Waals surface area (Å²) in [6, 6.07) is 10.1. The zero-order chi connectivity index (χ0) is 13.4. The smallest absolute Gasteiger partial charge is 0.122 e. The van der Waals surface area contributed by atoms with Crippen LogP contribution in [0.15, 0.2) is 34.8 Å². The lowest BCUT2D eigenvalue weighted by molar-refractivity contribution is 0.120. The molecule has 0 bridgehead atoms. The molecule has 100 valence electrons. The summed E-state index contributed by atoms with van der Waals surface area (Å²) in [7, 11) is 0. The van der Waals surface area contributed by atoms with Crippen molar-refractivity contribution in [1.82, 2.24) is 0 Å². The van der Waals surface area contributed by atoms with Crippen LogP contribution in [0.25, 0.3) is 0 Å². The number of thiophene rings is 1. The number of ether oxygens (including phenoxy) is 1. The van der Waals surface area contributed by atoms with Crippen LogP contribution in [0.2, 0.25) is 0 Å². The zero-order valence-corrected chi connectivity index (χ0v) is 13.0. The molecule has 2 nitrogen and oxygen atoms in total. The molecule has 2 atom stereocenters. The maximum atomic E-state index is 10.7. The lowest BCUT2D eigenvalue weighted by Gasteiger charge is -2.29. The molecule has 0 amide bonds. The van der Waals surface area contributed by atoms with Gasteiger partial charge in [0.25, 0.3) is 0 Å². The van der Waals surface area contributed by atoms with Crippen molar-refractivity contribution in [2.24, 2.45) is 0 Å². The predicted molar refractivity (Wildman–Crippen MR) is 81.0 cm³/mol. The van der Waals surface area contributed by atoms with Crippen molar-refractivity contribution in [1.29, 1.82) is 0 Å². The number of hydrogen-bond donors (Lipinski definition) is 1. The summed E-state index contributed by atoms with van der Waals surface area (Å²) in [5.41, 5.74) is 1.11. The van der Waals surface area contributed by atoms with E-state index < -0.39 is 6.10 Å². The Morgan fingerprint density at radius 2 is 2.21 bits per heavy atom. The van der Waals surface area contributed by atoms with Gasteiger partial charge in [-0.25, -0.2) is 0 Å². The van der Waals surface area contributed by atoms with E-state index in [-0.39, 0.29) is 5.92 Å². The van der Waals surface area contributed by atoms with Gasteiger partial charge in [-0.1, -0.05) is 18.2 Å². The molecule has 0 fully saturated rings. The molecule has 0 saturated carbocycles. The second kappa shape index (κ2) is 5.27. The zero-order valence-electron chi connectivity index (χ0n) is 10.6. The van der Waals surface area contributed by atoms with Crippen LogP contribution in [0, 0.1) is 6.92 Å². The minimum Gasteiger partial charge on any atom is -0.493 e. The SMILES string of the molecule is Cc1cc(Br)c(C(O)C2CCOc3ccccc32)s1. The summed E-state index contributed by atoms with van der Waals surface area (Å²) in [6.45, 7) is 2.73. The van der Waals surface area contributed by atoms with Gasteiger partial charge in [0.15, 0.2) is 0 Å². The summed E-state index contributed by atoms with van der Waals surface area (Å²) < 4.78 is 6.66. The van der Waals surface area contributed by atoms with Crippen LogP contribution in [0.3, 0.4) is 0 Å². The molecule has 1 aliphatic rings. The first-order valence-electron chi connectivity index (χ1n) is 6.32. The molecule has 2 unspecified atom stereocenters. The van der Waals surface area contributed by atoms with Gasteiger partial charge < -0.3 is 9.84 Å². The normalized spacial score (nSPS) is 19.6. The fourth-order valence-corrected chi connectivity index (χ4v) is 4.52. The van der Waals surface area contributed by atoms with Gasteiger partial charge in [-0.15, -0.1) is 11.3 Å². The van der Waals surface area contributed by atoms with Crippen molar-refractivity contribution >= 4 is 27.3 Å². The first-order chi connectivity index (χ1) is 9.16. The van der Waals surface area contributed by atoms with E-state index in [9.17, 15) is 5.11 Å². The van der Waals surface area contributed by atoms with Gasteiger partial charge in [-0.05, 0) is 41.4 Å². The summed E-state index contributed by atoms with van der Waals surface area (Å²) in [4.78, 5) is 2.22. The Labute approximate surface area is 125 Å². The summed E-state index contributed by atoms with van der Waals surface area (Å²) in [5.74, 6) is 1.02. The van der Waals surface area contributed by atoms with E-state index in [2.05, 4.69) is 35.0 Å². The molecular formula is C15H15BrO2S. The number of benzene rings is 1. The number of hydrogen-bond acceptors (Lipinski definition) is 3. The van der Waals surface area contributed by atoms with Gasteiger partial charge in [0.1, 0.15) is 5.75 Å². The van der Waals surface area contributed by atoms with Crippen LogP contribution in [-0.4, -0.2) is 11.7 Å². The molecule has 4 heteroatoms. The predicted octanol–water partition coefficient (Wildman–Crippen LogP) is 4.42. The quantitative estimate of drug-likeness (QED) is 0.878. The lowest BCUT2D eigenvalue weighted by atomic mass is 9.87. The highest BCUT2D eigenvalue weighted by molar-refractivity contribution is 9.10. The minimum absolute atomic E-state index is 0.110. The number of aliphatic hydroxyl groups is 1. The highest BCUT2D eigenvalue weighted by Crippen LogP contribution is 2.45. The van der Waals surface area contributed by atoms with E-state index >= 15 is 0 Å². The minimum atomic E-state index is -0.474. The van der Waals surface area contributed by atoms with Gasteiger partial charge in [0.05, 0.1) is 12.7 Å². The Bertz CT molecular complexity index is 594. The molecule has 0 aliphatic carbocycles. The van der Waals surface area contributed by atoms with E-state index in [0.29, 0.717) is 6.61 Å². The van der Waals surface area contributed by atoms with Crippen LogP contribution in [0.1, 0.15) is 33.8 Å². The topological polar surface area (TPSA) is 29.5 Å². The van der Waals surface area contributed by atoms with Crippen LogP contribution >= 0.6 is 27.3 Å². The lowest BCUT2D eigenvalue weighted by Crippen LogP contribution is -2.19. The van der Waals surface area contributed by atoms with Crippen molar-refractivity contribution in [3.05, 3.63) is 50.1 Å². The summed E-state index contributed by atoms with van der Waals surface area (Å²) in [5, 5.41) is 10.7. The first kappa shape index (κ1) is 13.2. The highest BCUT2D eigenvalue weighted by atomic mass is 79.9. The summed E-state index contributed by atoms with van der Waals surface area (Å²) in [6.07, 6.45) is 0.375. The Morgan fingerprint density at radius 3 is 2.95 bits per heavy atom. The molecule has 2 heterocycles. The molecule has 19 heavy (non-hydrogen) atoms. The highest BCUT2D eigenvalue weighted by Gasteiger charge is 2.30. The van der Waals surface area contributed by atoms with Crippen molar-refractivity contribution in [3.8, 4) is 5.75 Å². The van der Waals surface area contributed by atoms with Gasteiger partial charge in [-0.2, -0.15) is 0 Å². The molecule has 1 aromatic carbocycles. The number of rotatable bonds is 2. The molecule has 0 saturated heterocycles. The molecule has 2 aromatic rings. The van der Waals surface area contributed by atoms with Crippen molar-refractivity contribution in [3.63, 3.8) is 0 Å². The third-order valence-electron chi connectivity index (χ3n) is 3.49. The third kappa shape index (κ3) is 2.45. The first-order valence-corrected chi connectivity index (χ1v) is 7.93. The van der Waals surface area contributed by atoms with E-state index in [1.165, 1.54) is 4.88 Å². The Hall–Kier alpha value is -0.840. The number of aryl methyl sites for hydroxylation is 1. The van der Waals surface area contributed by atoms with E-state index in [0.717, 1.165) is 27.1 Å². The number of aliphatic hydroxyl groups excluding tert-OH is 1. The van der Waals surface area contributed by atoms with Gasteiger partial charge >= 0.3 is 0 Å². The van der Waals surface area contributed by atoms with Crippen LogP contribution in [0.5, 0.6) is 5.75 Å². The maximum absolute atomic E-state index is 10.7. The average Bonchev–Trinajstić information content (AvgIpc) is 2.76. The summed E-state index contributed by atoms with van der Waals surface area (Å²) >= 11 is 5.20. The monoisotopic (exact) mass is 338 g/mol. The molecule has 0 radical (unpaired) electrons. The molecule has 1 aliphatic heterocycles. The van der Waals surface area contributed by atoms with Crippen LogP contribution in [0.4, 0.5) is 0 Å². The van der Waals surface area contributed by atoms with Crippen LogP contribution in [-0.2, 0) is 0 Å².